The lowest BCUT2D eigenvalue weighted by atomic mass is 10.00. The van der Waals surface area contributed by atoms with E-state index in [4.69, 9.17) is 11.6 Å². The van der Waals surface area contributed by atoms with Crippen LogP contribution >= 0.6 is 11.6 Å². The highest BCUT2D eigenvalue weighted by atomic mass is 35.5. The van der Waals surface area contributed by atoms with Crippen LogP contribution in [0.2, 0.25) is 0 Å². The van der Waals surface area contributed by atoms with Crippen LogP contribution in [0.4, 0.5) is 5.69 Å². The van der Waals surface area contributed by atoms with E-state index < -0.39 is 0 Å². The van der Waals surface area contributed by atoms with Gasteiger partial charge in [0, 0.05) is 11.1 Å². The first-order chi connectivity index (χ1) is 6.86. The van der Waals surface area contributed by atoms with Crippen LogP contribution in [-0.2, 0) is 0 Å². The maximum absolute atomic E-state index is 6.28. The number of benzene rings is 1. The molecule has 0 fully saturated rings. The smallest absolute Gasteiger partial charge is 0.181 e. The third kappa shape index (κ3) is 0.960. The Labute approximate surface area is 85.8 Å². The molecule has 4 heteroatoms. The molecule has 0 aliphatic carbocycles. The van der Waals surface area contributed by atoms with Gasteiger partial charge in [0.25, 0.3) is 0 Å². The van der Waals surface area contributed by atoms with Crippen LogP contribution in [0.15, 0.2) is 51.3 Å². The summed E-state index contributed by atoms with van der Waals surface area (Å²) in [5.74, 6) is 0.642. The first kappa shape index (κ1) is 7.88. The van der Waals surface area contributed by atoms with Crippen molar-refractivity contribution < 1.29 is 0 Å². The van der Waals surface area contributed by atoms with Gasteiger partial charge >= 0.3 is 0 Å². The minimum absolute atomic E-state index is 0.173. The van der Waals surface area contributed by atoms with E-state index in [0.29, 0.717) is 5.84 Å². The normalized spacial score (nSPS) is 22.5. The fraction of sp³-hybridized carbons (Fsp3) is 0.100. The van der Waals surface area contributed by atoms with Gasteiger partial charge in [0.1, 0.15) is 0 Å². The highest BCUT2D eigenvalue weighted by molar-refractivity contribution is 6.28. The average molecular weight is 204 g/mol. The zero-order valence-electron chi connectivity index (χ0n) is 7.18. The van der Waals surface area contributed by atoms with Crippen molar-refractivity contribution in [2.45, 2.75) is 5.38 Å². The summed E-state index contributed by atoms with van der Waals surface area (Å²) in [6.45, 7) is 0. The van der Waals surface area contributed by atoms with Gasteiger partial charge in [-0.05, 0) is 6.07 Å². The number of hydrogen-bond donors (Lipinski definition) is 0. The fourth-order valence-electron chi connectivity index (χ4n) is 1.61. The molecule has 0 aromatic heterocycles. The van der Waals surface area contributed by atoms with Gasteiger partial charge in [-0.25, -0.2) is 4.99 Å². The molecule has 3 rings (SSSR count). The van der Waals surface area contributed by atoms with Crippen molar-refractivity contribution >= 4 is 23.1 Å². The first-order valence-electron chi connectivity index (χ1n) is 4.29. The van der Waals surface area contributed by atoms with Gasteiger partial charge in [-0.15, -0.1) is 16.7 Å². The van der Waals surface area contributed by atoms with Crippen molar-refractivity contribution in [2.75, 3.05) is 0 Å². The third-order valence-electron chi connectivity index (χ3n) is 2.32. The van der Waals surface area contributed by atoms with Crippen molar-refractivity contribution in [3.63, 3.8) is 0 Å². The van der Waals surface area contributed by atoms with Crippen molar-refractivity contribution in [1.82, 2.24) is 0 Å². The summed E-state index contributed by atoms with van der Waals surface area (Å²) >= 11 is 6.28. The standard InChI is InChI=1S/C10H6ClN3/c11-9-6-3-1-2-4-8(6)13-10-7(9)5-12-14-10/h1-5,9H. The number of aliphatic imine (C=N–C) groups is 1. The van der Waals surface area contributed by atoms with E-state index in [1.54, 1.807) is 6.20 Å². The molecule has 0 bridgehead atoms. The molecule has 0 amide bonds. The summed E-state index contributed by atoms with van der Waals surface area (Å²) < 4.78 is 0. The molecule has 1 aromatic carbocycles. The Morgan fingerprint density at radius 3 is 3.00 bits per heavy atom. The molecule has 68 valence electrons. The highest BCUT2D eigenvalue weighted by Gasteiger charge is 2.28. The van der Waals surface area contributed by atoms with Gasteiger partial charge in [-0.3, -0.25) is 0 Å². The highest BCUT2D eigenvalue weighted by Crippen LogP contribution is 2.41. The van der Waals surface area contributed by atoms with Crippen LogP contribution < -0.4 is 0 Å². The van der Waals surface area contributed by atoms with Crippen molar-refractivity contribution in [3.05, 3.63) is 41.6 Å². The zero-order chi connectivity index (χ0) is 9.54. The predicted octanol–water partition coefficient (Wildman–Crippen LogP) is 3.36. The van der Waals surface area contributed by atoms with E-state index in [1.165, 1.54) is 0 Å². The number of para-hydroxylation sites is 1. The lowest BCUT2D eigenvalue weighted by molar-refractivity contribution is 1.12. The second kappa shape index (κ2) is 2.75. The Hall–Kier alpha value is -1.48. The molecule has 2 aliphatic rings. The van der Waals surface area contributed by atoms with Gasteiger partial charge in [0.15, 0.2) is 5.84 Å². The average Bonchev–Trinajstić information content (AvgIpc) is 2.66. The Morgan fingerprint density at radius 1 is 1.21 bits per heavy atom. The van der Waals surface area contributed by atoms with Crippen molar-refractivity contribution in [3.8, 4) is 0 Å². The molecule has 2 heterocycles. The minimum Gasteiger partial charge on any atom is -0.227 e. The van der Waals surface area contributed by atoms with E-state index in [0.717, 1.165) is 16.8 Å². The van der Waals surface area contributed by atoms with E-state index in [1.807, 2.05) is 24.3 Å². The summed E-state index contributed by atoms with van der Waals surface area (Å²) in [4.78, 5) is 4.36. The number of rotatable bonds is 0. The number of hydrogen-bond acceptors (Lipinski definition) is 3. The largest absolute Gasteiger partial charge is 0.227 e. The van der Waals surface area contributed by atoms with Gasteiger partial charge in [-0.1, -0.05) is 18.2 Å². The van der Waals surface area contributed by atoms with Gasteiger partial charge < -0.3 is 0 Å². The lowest BCUT2D eigenvalue weighted by Gasteiger charge is -2.17. The van der Waals surface area contributed by atoms with E-state index in [-0.39, 0.29) is 5.38 Å². The molecular weight excluding hydrogens is 198 g/mol. The molecule has 0 N–H and O–H groups in total. The molecule has 0 spiro atoms. The molecule has 1 aromatic rings. The third-order valence-corrected chi connectivity index (χ3v) is 2.79. The monoisotopic (exact) mass is 203 g/mol. The van der Waals surface area contributed by atoms with E-state index in [9.17, 15) is 0 Å². The Morgan fingerprint density at radius 2 is 2.07 bits per heavy atom. The number of alkyl halides is 1. The number of nitrogens with zero attached hydrogens (tertiary/aromatic N) is 3. The van der Waals surface area contributed by atoms with Gasteiger partial charge in [-0.2, -0.15) is 5.11 Å². The van der Waals surface area contributed by atoms with Crippen LogP contribution in [0.25, 0.3) is 0 Å². The number of azo groups is 1. The van der Waals surface area contributed by atoms with Gasteiger partial charge in [0.2, 0.25) is 0 Å². The predicted molar refractivity (Wildman–Crippen MR) is 55.1 cm³/mol. The molecule has 0 saturated carbocycles. The molecule has 0 saturated heterocycles. The molecule has 3 nitrogen and oxygen atoms in total. The van der Waals surface area contributed by atoms with Crippen LogP contribution in [0, 0.1) is 0 Å². The summed E-state index contributed by atoms with van der Waals surface area (Å²) in [6.07, 6.45) is 1.67. The van der Waals surface area contributed by atoms with E-state index in [2.05, 4.69) is 15.2 Å². The zero-order valence-corrected chi connectivity index (χ0v) is 7.94. The second-order valence-corrected chi connectivity index (χ2v) is 3.59. The van der Waals surface area contributed by atoms with Crippen molar-refractivity contribution in [1.29, 1.82) is 0 Å². The molecule has 1 unspecified atom stereocenters. The summed E-state index contributed by atoms with van der Waals surface area (Å²) in [5.41, 5.74) is 2.81. The summed E-state index contributed by atoms with van der Waals surface area (Å²) in [7, 11) is 0. The molecule has 1 atom stereocenters. The van der Waals surface area contributed by atoms with Crippen LogP contribution in [0.5, 0.6) is 0 Å². The maximum atomic E-state index is 6.28. The number of halogens is 1. The number of amidine groups is 1. The number of fused-ring (bicyclic) bond motifs is 2. The SMILES string of the molecule is ClC1C2=CN=NC2=Nc2ccccc21. The Balaban J connectivity index is 2.26. The molecule has 2 aliphatic heterocycles. The van der Waals surface area contributed by atoms with E-state index >= 15 is 0 Å². The Bertz CT molecular complexity index is 488. The van der Waals surface area contributed by atoms with Crippen LogP contribution in [0.1, 0.15) is 10.9 Å². The summed E-state index contributed by atoms with van der Waals surface area (Å²) in [6, 6.07) is 7.81. The second-order valence-electron chi connectivity index (χ2n) is 3.16. The molecule has 14 heavy (non-hydrogen) atoms. The fourth-order valence-corrected chi connectivity index (χ4v) is 1.95. The first-order valence-corrected chi connectivity index (χ1v) is 4.73. The molecule has 0 radical (unpaired) electrons. The topological polar surface area (TPSA) is 37.1 Å². The Kier molecular flexibility index (Phi) is 1.55. The van der Waals surface area contributed by atoms with Gasteiger partial charge in [0.05, 0.1) is 17.3 Å². The van der Waals surface area contributed by atoms with Crippen LogP contribution in [-0.4, -0.2) is 5.84 Å². The minimum atomic E-state index is -0.173. The molecular formula is C10H6ClN3. The maximum Gasteiger partial charge on any atom is 0.181 e. The quantitative estimate of drug-likeness (QED) is 0.580. The lowest BCUT2D eigenvalue weighted by Crippen LogP contribution is -2.07. The van der Waals surface area contributed by atoms with Crippen LogP contribution in [0.3, 0.4) is 0 Å². The van der Waals surface area contributed by atoms with Crippen molar-refractivity contribution in [2.24, 2.45) is 15.2 Å². The summed E-state index contributed by atoms with van der Waals surface area (Å²) in [5, 5.41) is 7.54.